The van der Waals surface area contributed by atoms with Crippen molar-refractivity contribution in [2.24, 2.45) is 5.92 Å². The molecule has 0 aromatic heterocycles. The van der Waals surface area contributed by atoms with Gasteiger partial charge in [-0.3, -0.25) is 0 Å². The van der Waals surface area contributed by atoms with Crippen molar-refractivity contribution >= 4 is 0 Å². The summed E-state index contributed by atoms with van der Waals surface area (Å²) >= 11 is 0. The maximum Gasteiger partial charge on any atom is 0.133 e. The lowest BCUT2D eigenvalue weighted by atomic mass is 9.96. The van der Waals surface area contributed by atoms with Gasteiger partial charge in [-0.25, -0.2) is 4.39 Å². The van der Waals surface area contributed by atoms with Crippen molar-refractivity contribution in [3.05, 3.63) is 29.1 Å². The van der Waals surface area contributed by atoms with Gasteiger partial charge in [0.25, 0.3) is 0 Å². The lowest BCUT2D eigenvalue weighted by molar-refractivity contribution is 0.445. The van der Waals surface area contributed by atoms with Crippen LogP contribution in [0.3, 0.4) is 0 Å². The molecule has 1 atom stereocenters. The van der Waals surface area contributed by atoms with Crippen molar-refractivity contribution in [3.8, 4) is 5.75 Å². The van der Waals surface area contributed by atoms with Crippen molar-refractivity contribution in [2.75, 3.05) is 13.1 Å². The number of nitrogens with one attached hydrogen (secondary N) is 1. The molecule has 1 aliphatic rings. The van der Waals surface area contributed by atoms with Gasteiger partial charge in [-0.05, 0) is 50.4 Å². The van der Waals surface area contributed by atoms with E-state index in [2.05, 4.69) is 5.32 Å². The highest BCUT2D eigenvalue weighted by Gasteiger charge is 2.19. The second-order valence-electron chi connectivity index (χ2n) is 4.26. The molecule has 15 heavy (non-hydrogen) atoms. The molecule has 82 valence electrons. The van der Waals surface area contributed by atoms with E-state index in [4.69, 9.17) is 0 Å². The van der Waals surface area contributed by atoms with E-state index in [0.29, 0.717) is 23.5 Å². The molecule has 2 N–H and O–H groups in total. The fourth-order valence-corrected chi connectivity index (χ4v) is 2.10. The fourth-order valence-electron chi connectivity index (χ4n) is 2.10. The van der Waals surface area contributed by atoms with Crippen LogP contribution in [0.2, 0.25) is 0 Å². The van der Waals surface area contributed by atoms with Gasteiger partial charge in [-0.15, -0.1) is 0 Å². The van der Waals surface area contributed by atoms with Gasteiger partial charge in [0, 0.05) is 5.56 Å². The van der Waals surface area contributed by atoms with E-state index in [1.807, 2.05) is 0 Å². The fraction of sp³-hybridized carbons (Fsp3) is 0.500. The summed E-state index contributed by atoms with van der Waals surface area (Å²) in [4.78, 5) is 0. The zero-order valence-electron chi connectivity index (χ0n) is 8.89. The van der Waals surface area contributed by atoms with E-state index in [0.717, 1.165) is 19.5 Å². The Labute approximate surface area is 89.1 Å². The zero-order valence-corrected chi connectivity index (χ0v) is 8.89. The van der Waals surface area contributed by atoms with E-state index in [1.54, 1.807) is 19.1 Å². The lowest BCUT2D eigenvalue weighted by Crippen LogP contribution is -2.11. The van der Waals surface area contributed by atoms with Crippen LogP contribution in [-0.4, -0.2) is 18.2 Å². The number of hydrogen-bond acceptors (Lipinski definition) is 2. The van der Waals surface area contributed by atoms with Crippen LogP contribution in [0.25, 0.3) is 0 Å². The lowest BCUT2D eigenvalue weighted by Gasteiger charge is -2.12. The first kappa shape index (κ1) is 10.4. The quantitative estimate of drug-likeness (QED) is 0.780. The van der Waals surface area contributed by atoms with Crippen LogP contribution in [-0.2, 0) is 6.42 Å². The first-order valence-electron chi connectivity index (χ1n) is 5.36. The summed E-state index contributed by atoms with van der Waals surface area (Å²) in [6.45, 7) is 3.65. The van der Waals surface area contributed by atoms with Crippen LogP contribution < -0.4 is 5.32 Å². The molecule has 0 saturated carbocycles. The largest absolute Gasteiger partial charge is 0.508 e. The van der Waals surface area contributed by atoms with Gasteiger partial charge in [0.15, 0.2) is 0 Å². The number of phenolic OH excluding ortho intramolecular Hbond substituents is 1. The van der Waals surface area contributed by atoms with Gasteiger partial charge in [0.05, 0.1) is 0 Å². The summed E-state index contributed by atoms with van der Waals surface area (Å²) in [6, 6.07) is 3.19. The van der Waals surface area contributed by atoms with Crippen molar-refractivity contribution < 1.29 is 9.50 Å². The molecule has 0 radical (unpaired) electrons. The molecule has 3 heteroatoms. The third-order valence-electron chi connectivity index (χ3n) is 3.07. The predicted molar refractivity (Wildman–Crippen MR) is 57.5 cm³/mol. The average Bonchev–Trinajstić information content (AvgIpc) is 2.71. The number of aromatic hydroxyl groups is 1. The molecule has 2 nitrogen and oxygen atoms in total. The third kappa shape index (κ3) is 2.12. The minimum Gasteiger partial charge on any atom is -0.508 e. The third-order valence-corrected chi connectivity index (χ3v) is 3.07. The Morgan fingerprint density at radius 3 is 3.00 bits per heavy atom. The van der Waals surface area contributed by atoms with E-state index in [-0.39, 0.29) is 11.6 Å². The SMILES string of the molecule is Cc1ccc(O)c(CC2CCNC2)c1F. The van der Waals surface area contributed by atoms with Gasteiger partial charge >= 0.3 is 0 Å². The van der Waals surface area contributed by atoms with Crippen LogP contribution in [0.1, 0.15) is 17.5 Å². The zero-order chi connectivity index (χ0) is 10.8. The van der Waals surface area contributed by atoms with Crippen LogP contribution in [0.15, 0.2) is 12.1 Å². The normalized spacial score (nSPS) is 20.8. The second kappa shape index (κ2) is 4.19. The summed E-state index contributed by atoms with van der Waals surface area (Å²) in [6.07, 6.45) is 1.69. The minimum atomic E-state index is -0.248. The second-order valence-corrected chi connectivity index (χ2v) is 4.26. The Bertz CT molecular complexity index is 359. The summed E-state index contributed by atoms with van der Waals surface area (Å²) in [5, 5.41) is 12.9. The number of halogens is 1. The molecule has 1 aliphatic heterocycles. The van der Waals surface area contributed by atoms with Gasteiger partial charge < -0.3 is 10.4 Å². The molecule has 1 aromatic carbocycles. The first-order chi connectivity index (χ1) is 7.18. The molecular formula is C12H16FNO. The molecule has 1 unspecified atom stereocenters. The number of aryl methyl sites for hydroxylation is 1. The van der Waals surface area contributed by atoms with E-state index < -0.39 is 0 Å². The van der Waals surface area contributed by atoms with Crippen molar-refractivity contribution in [2.45, 2.75) is 19.8 Å². The molecule has 1 fully saturated rings. The molecule has 1 aromatic rings. The highest BCUT2D eigenvalue weighted by atomic mass is 19.1. The molecule has 1 heterocycles. The number of rotatable bonds is 2. The minimum absolute atomic E-state index is 0.0880. The monoisotopic (exact) mass is 209 g/mol. The summed E-state index contributed by atoms with van der Waals surface area (Å²) in [5.74, 6) is 0.291. The van der Waals surface area contributed by atoms with Crippen molar-refractivity contribution in [1.82, 2.24) is 5.32 Å². The number of phenols is 1. The van der Waals surface area contributed by atoms with Gasteiger partial charge in [0.1, 0.15) is 11.6 Å². The summed E-state index contributed by atoms with van der Waals surface area (Å²) in [7, 11) is 0. The van der Waals surface area contributed by atoms with Crippen LogP contribution in [0.5, 0.6) is 5.75 Å². The van der Waals surface area contributed by atoms with Gasteiger partial charge in [0.2, 0.25) is 0 Å². The van der Waals surface area contributed by atoms with Crippen LogP contribution in [0.4, 0.5) is 4.39 Å². The molecule has 0 bridgehead atoms. The predicted octanol–water partition coefficient (Wildman–Crippen LogP) is 1.99. The molecule has 2 rings (SSSR count). The van der Waals surface area contributed by atoms with E-state index in [9.17, 15) is 9.50 Å². The topological polar surface area (TPSA) is 32.3 Å². The Balaban J connectivity index is 2.22. The Morgan fingerprint density at radius 2 is 2.33 bits per heavy atom. The van der Waals surface area contributed by atoms with Crippen LogP contribution >= 0.6 is 0 Å². The highest BCUT2D eigenvalue weighted by Crippen LogP contribution is 2.27. The maximum absolute atomic E-state index is 13.7. The van der Waals surface area contributed by atoms with E-state index >= 15 is 0 Å². The Hall–Kier alpha value is -1.09. The number of benzene rings is 1. The Kier molecular flexibility index (Phi) is 2.91. The smallest absolute Gasteiger partial charge is 0.133 e. The molecular weight excluding hydrogens is 193 g/mol. The molecule has 0 aliphatic carbocycles. The molecule has 1 saturated heterocycles. The number of hydrogen-bond donors (Lipinski definition) is 2. The van der Waals surface area contributed by atoms with Gasteiger partial charge in [-0.2, -0.15) is 0 Å². The standard InChI is InChI=1S/C12H16FNO/c1-8-2-3-11(15)10(12(8)13)6-9-4-5-14-7-9/h2-3,9,14-15H,4-7H2,1H3. The molecule has 0 amide bonds. The summed E-state index contributed by atoms with van der Waals surface area (Å²) in [5.41, 5.74) is 1.08. The summed E-state index contributed by atoms with van der Waals surface area (Å²) < 4.78 is 13.7. The van der Waals surface area contributed by atoms with Crippen molar-refractivity contribution in [1.29, 1.82) is 0 Å². The highest BCUT2D eigenvalue weighted by molar-refractivity contribution is 5.37. The van der Waals surface area contributed by atoms with Gasteiger partial charge in [-0.1, -0.05) is 6.07 Å². The van der Waals surface area contributed by atoms with Crippen LogP contribution in [0, 0.1) is 18.7 Å². The van der Waals surface area contributed by atoms with E-state index in [1.165, 1.54) is 0 Å². The maximum atomic E-state index is 13.7. The Morgan fingerprint density at radius 1 is 1.53 bits per heavy atom. The first-order valence-corrected chi connectivity index (χ1v) is 5.36. The van der Waals surface area contributed by atoms with Crippen molar-refractivity contribution in [3.63, 3.8) is 0 Å². The average molecular weight is 209 g/mol. The molecule has 0 spiro atoms.